The number of nitrogens with one attached hydrogen (secondary N) is 2. The summed E-state index contributed by atoms with van der Waals surface area (Å²) in [7, 11) is 0. The zero-order chi connectivity index (χ0) is 15.4. The van der Waals surface area contributed by atoms with Gasteiger partial charge in [0, 0.05) is 10.7 Å². The van der Waals surface area contributed by atoms with Crippen LogP contribution >= 0.6 is 23.8 Å². The second kappa shape index (κ2) is 6.92. The van der Waals surface area contributed by atoms with Gasteiger partial charge < -0.3 is 10.6 Å². The Balaban J connectivity index is 2.01. The minimum atomic E-state index is 0.145. The lowest BCUT2D eigenvalue weighted by molar-refractivity contribution is 0.717. The number of thiocarbonyl (C=S) groups is 1. The second-order valence-corrected chi connectivity index (χ2v) is 5.96. The first kappa shape index (κ1) is 15.8. The normalized spacial score (nSPS) is 11.8. The van der Waals surface area contributed by atoms with Crippen molar-refractivity contribution in [1.29, 1.82) is 0 Å². The number of anilines is 1. The Morgan fingerprint density at radius 1 is 1.10 bits per heavy atom. The van der Waals surface area contributed by atoms with Gasteiger partial charge >= 0.3 is 0 Å². The molecule has 2 N–H and O–H groups in total. The third-order valence-corrected chi connectivity index (χ3v) is 4.06. The quantitative estimate of drug-likeness (QED) is 0.778. The molecule has 2 rings (SSSR count). The molecule has 0 heterocycles. The Morgan fingerprint density at radius 2 is 1.81 bits per heavy atom. The summed E-state index contributed by atoms with van der Waals surface area (Å²) in [5.74, 6) is 0. The fourth-order valence-corrected chi connectivity index (χ4v) is 2.66. The van der Waals surface area contributed by atoms with Gasteiger partial charge in [0.15, 0.2) is 5.11 Å². The smallest absolute Gasteiger partial charge is 0.171 e. The average Bonchev–Trinajstić information content (AvgIpc) is 2.43. The van der Waals surface area contributed by atoms with Crippen molar-refractivity contribution in [3.05, 3.63) is 64.2 Å². The molecular formula is C17H19ClN2S. The molecule has 0 aliphatic rings. The zero-order valence-corrected chi connectivity index (χ0v) is 14.0. The highest BCUT2D eigenvalue weighted by molar-refractivity contribution is 7.80. The van der Waals surface area contributed by atoms with E-state index in [4.69, 9.17) is 23.8 Å². The largest absolute Gasteiger partial charge is 0.356 e. The first-order valence-corrected chi connectivity index (χ1v) is 7.65. The van der Waals surface area contributed by atoms with E-state index in [2.05, 4.69) is 36.6 Å². The van der Waals surface area contributed by atoms with Crippen LogP contribution in [0.15, 0.2) is 42.5 Å². The number of rotatable bonds is 3. The maximum atomic E-state index is 6.12. The molecule has 0 amide bonds. The highest BCUT2D eigenvalue weighted by Crippen LogP contribution is 2.20. The van der Waals surface area contributed by atoms with Crippen LogP contribution in [0.25, 0.3) is 0 Å². The lowest BCUT2D eigenvalue weighted by Gasteiger charge is -2.19. The van der Waals surface area contributed by atoms with Crippen molar-refractivity contribution < 1.29 is 0 Å². The van der Waals surface area contributed by atoms with E-state index in [-0.39, 0.29) is 6.04 Å². The fourth-order valence-electron chi connectivity index (χ4n) is 2.18. The van der Waals surface area contributed by atoms with E-state index in [1.54, 1.807) is 0 Å². The van der Waals surface area contributed by atoms with E-state index in [1.165, 1.54) is 11.1 Å². The molecule has 0 saturated heterocycles. The summed E-state index contributed by atoms with van der Waals surface area (Å²) in [6.45, 7) is 6.17. The predicted octanol–water partition coefficient (Wildman–Crippen LogP) is 5.00. The van der Waals surface area contributed by atoms with Crippen molar-refractivity contribution in [3.8, 4) is 0 Å². The third kappa shape index (κ3) is 4.19. The van der Waals surface area contributed by atoms with Crippen LogP contribution in [-0.2, 0) is 0 Å². The van der Waals surface area contributed by atoms with Crippen LogP contribution in [0, 0.1) is 13.8 Å². The molecular weight excluding hydrogens is 300 g/mol. The van der Waals surface area contributed by atoms with Crippen molar-refractivity contribution in [2.75, 3.05) is 5.32 Å². The minimum Gasteiger partial charge on any atom is -0.356 e. The Kier molecular flexibility index (Phi) is 5.21. The van der Waals surface area contributed by atoms with E-state index in [9.17, 15) is 0 Å². The molecule has 0 radical (unpaired) electrons. The van der Waals surface area contributed by atoms with Gasteiger partial charge in [0.05, 0.1) is 6.04 Å². The van der Waals surface area contributed by atoms with Gasteiger partial charge in [-0.2, -0.15) is 0 Å². The van der Waals surface area contributed by atoms with Crippen LogP contribution in [0.3, 0.4) is 0 Å². The summed E-state index contributed by atoms with van der Waals surface area (Å²) in [5, 5.41) is 7.78. The van der Waals surface area contributed by atoms with Gasteiger partial charge in [-0.3, -0.25) is 0 Å². The van der Waals surface area contributed by atoms with Crippen molar-refractivity contribution in [2.45, 2.75) is 26.8 Å². The minimum absolute atomic E-state index is 0.145. The highest BCUT2D eigenvalue weighted by Gasteiger charge is 2.09. The maximum Gasteiger partial charge on any atom is 0.171 e. The standard InChI is InChI=1S/C17H19ClN2S/c1-11-6-4-5-7-15(11)13(3)19-17(21)20-14-9-8-12(2)16(18)10-14/h4-10,13H,1-3H3,(H2,19,20,21)/t13-/m0/s1. The molecule has 0 spiro atoms. The van der Waals surface area contributed by atoms with E-state index in [1.807, 2.05) is 37.3 Å². The molecule has 0 fully saturated rings. The first-order valence-electron chi connectivity index (χ1n) is 6.86. The van der Waals surface area contributed by atoms with E-state index < -0.39 is 0 Å². The number of hydrogen-bond donors (Lipinski definition) is 2. The maximum absolute atomic E-state index is 6.12. The van der Waals surface area contributed by atoms with Crippen LogP contribution in [0.1, 0.15) is 29.7 Å². The third-order valence-electron chi connectivity index (χ3n) is 3.43. The summed E-state index contributed by atoms with van der Waals surface area (Å²) in [6, 6.07) is 14.2. The van der Waals surface area contributed by atoms with Gasteiger partial charge in [0.1, 0.15) is 0 Å². The van der Waals surface area contributed by atoms with Gasteiger partial charge in [0.25, 0.3) is 0 Å². The van der Waals surface area contributed by atoms with Crippen LogP contribution in [-0.4, -0.2) is 5.11 Å². The van der Waals surface area contributed by atoms with Crippen molar-refractivity contribution in [2.24, 2.45) is 0 Å². The van der Waals surface area contributed by atoms with Gasteiger partial charge in [-0.25, -0.2) is 0 Å². The van der Waals surface area contributed by atoms with Crippen LogP contribution in [0.2, 0.25) is 5.02 Å². The lowest BCUT2D eigenvalue weighted by Crippen LogP contribution is -2.31. The van der Waals surface area contributed by atoms with E-state index in [0.29, 0.717) is 5.11 Å². The Labute approximate surface area is 136 Å². The summed E-state index contributed by atoms with van der Waals surface area (Å²) >= 11 is 11.5. The Hall–Kier alpha value is -1.58. The van der Waals surface area contributed by atoms with Crippen molar-refractivity contribution >= 4 is 34.6 Å². The molecule has 0 aliphatic heterocycles. The summed E-state index contributed by atoms with van der Waals surface area (Å²) in [6.07, 6.45) is 0. The number of aryl methyl sites for hydroxylation is 2. The monoisotopic (exact) mass is 318 g/mol. The molecule has 0 aliphatic carbocycles. The number of benzene rings is 2. The summed E-state index contributed by atoms with van der Waals surface area (Å²) < 4.78 is 0. The first-order chi connectivity index (χ1) is 9.97. The van der Waals surface area contributed by atoms with Gasteiger partial charge in [0.2, 0.25) is 0 Å². The number of hydrogen-bond acceptors (Lipinski definition) is 1. The van der Waals surface area contributed by atoms with E-state index in [0.717, 1.165) is 16.3 Å². The van der Waals surface area contributed by atoms with Crippen molar-refractivity contribution in [1.82, 2.24) is 5.32 Å². The Morgan fingerprint density at radius 3 is 2.48 bits per heavy atom. The molecule has 2 nitrogen and oxygen atoms in total. The molecule has 4 heteroatoms. The molecule has 0 saturated carbocycles. The van der Waals surface area contributed by atoms with Gasteiger partial charge in [-0.05, 0) is 61.8 Å². The highest BCUT2D eigenvalue weighted by atomic mass is 35.5. The molecule has 0 unspecified atom stereocenters. The van der Waals surface area contributed by atoms with Gasteiger partial charge in [-0.15, -0.1) is 0 Å². The van der Waals surface area contributed by atoms with Crippen LogP contribution in [0.4, 0.5) is 5.69 Å². The molecule has 21 heavy (non-hydrogen) atoms. The predicted molar refractivity (Wildman–Crippen MR) is 95.1 cm³/mol. The topological polar surface area (TPSA) is 24.1 Å². The molecule has 110 valence electrons. The fraction of sp³-hybridized carbons (Fsp3) is 0.235. The molecule has 2 aromatic carbocycles. The van der Waals surface area contributed by atoms with Crippen LogP contribution in [0.5, 0.6) is 0 Å². The van der Waals surface area contributed by atoms with E-state index >= 15 is 0 Å². The molecule has 0 bridgehead atoms. The average molecular weight is 319 g/mol. The second-order valence-electron chi connectivity index (χ2n) is 5.14. The Bertz CT molecular complexity index is 655. The molecule has 0 aromatic heterocycles. The summed E-state index contributed by atoms with van der Waals surface area (Å²) in [5.41, 5.74) is 4.43. The van der Waals surface area contributed by atoms with Gasteiger partial charge in [-0.1, -0.05) is 41.9 Å². The lowest BCUT2D eigenvalue weighted by atomic mass is 10.0. The molecule has 1 atom stereocenters. The number of halogens is 1. The van der Waals surface area contributed by atoms with Crippen molar-refractivity contribution in [3.63, 3.8) is 0 Å². The SMILES string of the molecule is Cc1ccc(NC(=S)N[C@@H](C)c2ccccc2C)cc1Cl. The summed E-state index contributed by atoms with van der Waals surface area (Å²) in [4.78, 5) is 0. The molecule has 2 aromatic rings. The zero-order valence-electron chi connectivity index (χ0n) is 12.4. The van der Waals surface area contributed by atoms with Crippen LogP contribution < -0.4 is 10.6 Å².